The lowest BCUT2D eigenvalue weighted by molar-refractivity contribution is -0.719. The molecule has 0 saturated heterocycles. The lowest BCUT2D eigenvalue weighted by Crippen LogP contribution is -2.67. The monoisotopic (exact) mass is 594 g/mol. The minimum Gasteiger partial charge on any atom is -0.396 e. The van der Waals surface area contributed by atoms with E-state index in [4.69, 9.17) is 4.74 Å². The van der Waals surface area contributed by atoms with Crippen LogP contribution in [0.25, 0.3) is 0 Å². The van der Waals surface area contributed by atoms with Crippen LogP contribution in [0.3, 0.4) is 0 Å². The Bertz CT molecular complexity index is 1210. The second-order valence-corrected chi connectivity index (χ2v) is 17.1. The zero-order valence-electron chi connectivity index (χ0n) is 27.9. The van der Waals surface area contributed by atoms with Gasteiger partial charge in [0.05, 0.1) is 6.10 Å². The molecule has 0 aromatic carbocycles. The van der Waals surface area contributed by atoms with Crippen LogP contribution in [-0.2, 0) is 17.9 Å². The second-order valence-electron chi connectivity index (χ2n) is 17.1. The van der Waals surface area contributed by atoms with E-state index in [2.05, 4.69) is 48.1 Å². The summed E-state index contributed by atoms with van der Waals surface area (Å²) in [4.78, 5) is 0. The van der Waals surface area contributed by atoms with E-state index in [1.807, 2.05) is 29.0 Å². The summed E-state index contributed by atoms with van der Waals surface area (Å²) < 4.78 is 8.39. The maximum atomic E-state index is 11.1. The summed E-state index contributed by atoms with van der Waals surface area (Å²) in [7, 11) is 0. The van der Waals surface area contributed by atoms with Gasteiger partial charge in [-0.25, -0.2) is 0 Å². The Hall–Kier alpha value is -1.27. The largest absolute Gasteiger partial charge is 0.396 e. The molecule has 240 valence electrons. The van der Waals surface area contributed by atoms with E-state index < -0.39 is 6.29 Å². The van der Waals surface area contributed by atoms with Gasteiger partial charge in [-0.2, -0.15) is 4.57 Å². The van der Waals surface area contributed by atoms with Crippen molar-refractivity contribution in [1.82, 2.24) is 0 Å². The smallest absolute Gasteiger partial charge is 0.215 e. The van der Waals surface area contributed by atoms with Gasteiger partial charge in [0.15, 0.2) is 12.7 Å². The lowest BCUT2D eigenvalue weighted by Gasteiger charge is -2.73. The number of pyridine rings is 1. The van der Waals surface area contributed by atoms with Crippen molar-refractivity contribution in [3.05, 3.63) is 42.2 Å². The number of allylic oxidation sites excluding steroid dienone is 1. The third kappa shape index (κ3) is 4.56. The third-order valence-electron chi connectivity index (χ3n) is 15.4. The molecule has 7 unspecified atom stereocenters. The van der Waals surface area contributed by atoms with Gasteiger partial charge in [-0.15, -0.1) is 0 Å². The van der Waals surface area contributed by atoms with Crippen LogP contribution in [0.5, 0.6) is 0 Å². The highest BCUT2D eigenvalue weighted by atomic mass is 16.6. The first kappa shape index (κ1) is 31.7. The Morgan fingerprint density at radius 1 is 0.930 bits per heavy atom. The fourth-order valence-electron chi connectivity index (χ4n) is 13.0. The first-order chi connectivity index (χ1) is 20.3. The Labute approximate surface area is 261 Å². The van der Waals surface area contributed by atoms with Gasteiger partial charge >= 0.3 is 0 Å². The molecule has 5 aliphatic rings. The molecule has 1 heterocycles. The number of fused-ring (bicyclic) bond motifs is 7. The Kier molecular flexibility index (Phi) is 8.05. The van der Waals surface area contributed by atoms with Crippen LogP contribution in [0.15, 0.2) is 36.5 Å². The van der Waals surface area contributed by atoms with Crippen molar-refractivity contribution >= 4 is 0 Å². The SMILES string of the molecule is C=C(C)[C@@H]1CCC2(CO)CC[C@]3(C)C(CCC4[C@@]5(C)CCC(OC(O)C[n+]6ccccc6CO)C(C)(C)C5CC[C@]43C)C12. The summed E-state index contributed by atoms with van der Waals surface area (Å²) in [5.74, 6) is 3.04. The van der Waals surface area contributed by atoms with E-state index >= 15 is 0 Å². The van der Waals surface area contributed by atoms with Crippen LogP contribution in [-0.4, -0.2) is 34.3 Å². The Morgan fingerprint density at radius 3 is 2.40 bits per heavy atom. The normalized spacial score (nSPS) is 45.8. The van der Waals surface area contributed by atoms with Crippen molar-refractivity contribution in [2.75, 3.05) is 6.61 Å². The molecular weight excluding hydrogens is 534 g/mol. The summed E-state index contributed by atoms with van der Waals surface area (Å²) in [5, 5.41) is 31.6. The number of rotatable bonds is 7. The van der Waals surface area contributed by atoms with Crippen molar-refractivity contribution in [2.24, 2.45) is 56.7 Å². The van der Waals surface area contributed by atoms with Crippen LogP contribution in [0.1, 0.15) is 111 Å². The van der Waals surface area contributed by atoms with E-state index in [0.717, 1.165) is 18.5 Å². The van der Waals surface area contributed by atoms with E-state index in [1.165, 1.54) is 56.9 Å². The van der Waals surface area contributed by atoms with E-state index in [1.54, 1.807) is 0 Å². The molecule has 1 aromatic heterocycles. The van der Waals surface area contributed by atoms with E-state index in [-0.39, 0.29) is 34.4 Å². The third-order valence-corrected chi connectivity index (χ3v) is 15.4. The summed E-state index contributed by atoms with van der Waals surface area (Å²) in [6.07, 6.45) is 13.0. The Balaban J connectivity index is 1.24. The van der Waals surface area contributed by atoms with Crippen molar-refractivity contribution < 1.29 is 24.6 Å². The van der Waals surface area contributed by atoms with Crippen molar-refractivity contribution in [3.8, 4) is 0 Å². The number of hydrogen-bond donors (Lipinski definition) is 3. The molecule has 5 heteroatoms. The number of ether oxygens (including phenoxy) is 1. The Morgan fingerprint density at radius 2 is 1.70 bits per heavy atom. The predicted octanol–water partition coefficient (Wildman–Crippen LogP) is 6.82. The highest BCUT2D eigenvalue weighted by Gasteiger charge is 2.70. The van der Waals surface area contributed by atoms with Crippen LogP contribution < -0.4 is 4.57 Å². The molecule has 5 aliphatic carbocycles. The topological polar surface area (TPSA) is 73.8 Å². The van der Waals surface area contributed by atoms with Gasteiger partial charge in [-0.1, -0.05) is 52.8 Å². The highest BCUT2D eigenvalue weighted by Crippen LogP contribution is 2.77. The number of nitrogens with zero attached hydrogens (tertiary/aromatic N) is 1. The number of aliphatic hydroxyl groups is 3. The lowest BCUT2D eigenvalue weighted by atomic mass is 9.32. The molecule has 5 fully saturated rings. The zero-order valence-corrected chi connectivity index (χ0v) is 27.9. The maximum Gasteiger partial charge on any atom is 0.215 e. The minimum atomic E-state index is -0.906. The van der Waals surface area contributed by atoms with Crippen LogP contribution >= 0.6 is 0 Å². The summed E-state index contributed by atoms with van der Waals surface area (Å²) >= 11 is 0. The summed E-state index contributed by atoms with van der Waals surface area (Å²) in [6, 6.07) is 5.73. The average Bonchev–Trinajstić information content (AvgIpc) is 3.36. The molecule has 3 N–H and O–H groups in total. The molecule has 0 amide bonds. The quantitative estimate of drug-likeness (QED) is 0.184. The number of aliphatic hydroxyl groups excluding tert-OH is 3. The van der Waals surface area contributed by atoms with Crippen molar-refractivity contribution in [1.29, 1.82) is 0 Å². The molecule has 43 heavy (non-hydrogen) atoms. The molecule has 0 bridgehead atoms. The van der Waals surface area contributed by atoms with Gasteiger partial charge in [0.1, 0.15) is 6.61 Å². The molecule has 0 radical (unpaired) electrons. The average molecular weight is 595 g/mol. The van der Waals surface area contributed by atoms with Crippen molar-refractivity contribution in [2.45, 2.75) is 131 Å². The predicted molar refractivity (Wildman–Crippen MR) is 169 cm³/mol. The van der Waals surface area contributed by atoms with Crippen LogP contribution in [0.2, 0.25) is 0 Å². The molecular formula is C38H60NO4+. The standard InChI is InChI=1S/C38H60NO4/c1-25(2)27-13-18-38(24-41)20-19-36(6)28(33(27)38)11-12-30-35(5)16-15-31(34(3,4)29(35)14-17-37(30,36)7)43-32(42)22-39-21-9-8-10-26(39)23-40/h8-10,21,27-33,40-42H,1,11-20,22-24H2,2-7H3/q+1/t27-,28?,29?,30?,31?,32?,33?,35-,36+,37+,38?/m0/s1. The van der Waals surface area contributed by atoms with Gasteiger partial charge in [0, 0.05) is 18.7 Å². The number of hydrogen-bond acceptors (Lipinski definition) is 4. The van der Waals surface area contributed by atoms with E-state index in [0.29, 0.717) is 48.2 Å². The second kappa shape index (κ2) is 10.9. The van der Waals surface area contributed by atoms with Crippen molar-refractivity contribution in [3.63, 3.8) is 0 Å². The zero-order chi connectivity index (χ0) is 31.0. The van der Waals surface area contributed by atoms with Gasteiger partial charge in [-0.05, 0) is 128 Å². The number of aromatic nitrogens is 1. The van der Waals surface area contributed by atoms with Gasteiger partial charge in [0.25, 0.3) is 0 Å². The van der Waals surface area contributed by atoms with Crippen LogP contribution in [0.4, 0.5) is 0 Å². The molecule has 6 rings (SSSR count). The van der Waals surface area contributed by atoms with Gasteiger partial charge in [0.2, 0.25) is 12.0 Å². The first-order valence-corrected chi connectivity index (χ1v) is 17.5. The fourth-order valence-corrected chi connectivity index (χ4v) is 13.0. The van der Waals surface area contributed by atoms with Gasteiger partial charge < -0.3 is 20.1 Å². The molecule has 1 aromatic rings. The molecule has 11 atom stereocenters. The molecule has 0 spiro atoms. The van der Waals surface area contributed by atoms with Crippen LogP contribution in [0, 0.1) is 56.7 Å². The minimum absolute atomic E-state index is 0.00779. The first-order valence-electron chi connectivity index (χ1n) is 17.5. The van der Waals surface area contributed by atoms with E-state index in [9.17, 15) is 15.3 Å². The molecule has 5 nitrogen and oxygen atoms in total. The summed E-state index contributed by atoms with van der Waals surface area (Å²) in [6.45, 7) is 20.1. The molecule has 5 saturated carbocycles. The van der Waals surface area contributed by atoms with Gasteiger partial charge in [-0.3, -0.25) is 0 Å². The summed E-state index contributed by atoms with van der Waals surface area (Å²) in [5.41, 5.74) is 3.02. The fraction of sp³-hybridized carbons (Fsp3) is 0.816. The maximum absolute atomic E-state index is 11.1. The highest BCUT2D eigenvalue weighted by molar-refractivity contribution is 5.21. The molecule has 0 aliphatic heterocycles.